The van der Waals surface area contributed by atoms with Gasteiger partial charge in [-0.15, -0.1) is 0 Å². The van der Waals surface area contributed by atoms with E-state index in [4.69, 9.17) is 0 Å². The molecule has 2 aliphatic rings. The standard InChI is InChI=1S/C11H12IN3O/c12-7-1-2-9-8(5-7)14-11(16)10-6-13-3-4-15(9)10/h1-2,5,10,13H,3-4,6H2,(H,14,16). The van der Waals surface area contributed by atoms with Gasteiger partial charge >= 0.3 is 0 Å². The molecule has 1 amide bonds. The zero-order valence-corrected chi connectivity index (χ0v) is 10.8. The van der Waals surface area contributed by atoms with Crippen molar-refractivity contribution >= 4 is 39.9 Å². The molecule has 1 atom stereocenters. The maximum absolute atomic E-state index is 11.9. The minimum absolute atomic E-state index is 0.0543. The molecule has 1 fully saturated rings. The monoisotopic (exact) mass is 329 g/mol. The van der Waals surface area contributed by atoms with Crippen molar-refractivity contribution in [2.45, 2.75) is 6.04 Å². The van der Waals surface area contributed by atoms with Crippen molar-refractivity contribution < 1.29 is 4.79 Å². The van der Waals surface area contributed by atoms with Crippen molar-refractivity contribution in [1.82, 2.24) is 5.32 Å². The summed E-state index contributed by atoms with van der Waals surface area (Å²) >= 11 is 2.26. The number of nitrogens with one attached hydrogen (secondary N) is 2. The fraction of sp³-hybridized carbons (Fsp3) is 0.364. The molecular formula is C11H12IN3O. The number of fused-ring (bicyclic) bond motifs is 3. The lowest BCUT2D eigenvalue weighted by atomic mass is 10.1. The Labute approximate surface area is 108 Å². The number of benzene rings is 1. The number of halogens is 1. The molecule has 0 aliphatic carbocycles. The molecule has 5 heteroatoms. The molecule has 84 valence electrons. The summed E-state index contributed by atoms with van der Waals surface area (Å²) in [6.45, 7) is 2.57. The molecule has 0 radical (unpaired) electrons. The average Bonchev–Trinajstić information content (AvgIpc) is 2.29. The minimum Gasteiger partial charge on any atom is -0.356 e. The predicted octanol–water partition coefficient (Wildman–Crippen LogP) is 1.02. The van der Waals surface area contributed by atoms with Gasteiger partial charge in [0.2, 0.25) is 5.91 Å². The first-order chi connectivity index (χ1) is 7.75. The van der Waals surface area contributed by atoms with E-state index in [1.54, 1.807) is 0 Å². The largest absolute Gasteiger partial charge is 0.356 e. The molecule has 2 heterocycles. The number of hydrogen-bond donors (Lipinski definition) is 2. The summed E-state index contributed by atoms with van der Waals surface area (Å²) < 4.78 is 1.14. The number of anilines is 2. The van der Waals surface area contributed by atoms with Crippen LogP contribution in [0.3, 0.4) is 0 Å². The Morgan fingerprint density at radius 2 is 2.31 bits per heavy atom. The first kappa shape index (κ1) is 10.3. The molecule has 16 heavy (non-hydrogen) atoms. The van der Waals surface area contributed by atoms with Gasteiger partial charge in [-0.3, -0.25) is 4.79 Å². The summed E-state index contributed by atoms with van der Waals surface area (Å²) in [5.74, 6) is 0.0988. The van der Waals surface area contributed by atoms with Crippen LogP contribution in [-0.2, 0) is 4.79 Å². The van der Waals surface area contributed by atoms with E-state index < -0.39 is 0 Å². The van der Waals surface area contributed by atoms with Gasteiger partial charge in [0.1, 0.15) is 6.04 Å². The summed E-state index contributed by atoms with van der Waals surface area (Å²) in [7, 11) is 0. The summed E-state index contributed by atoms with van der Waals surface area (Å²) in [6, 6.07) is 6.14. The number of nitrogens with zero attached hydrogens (tertiary/aromatic N) is 1. The molecule has 1 aromatic carbocycles. The van der Waals surface area contributed by atoms with Crippen LogP contribution in [0.4, 0.5) is 11.4 Å². The van der Waals surface area contributed by atoms with Crippen LogP contribution in [0.2, 0.25) is 0 Å². The lowest BCUT2D eigenvalue weighted by Gasteiger charge is -2.41. The normalized spacial score (nSPS) is 23.4. The minimum atomic E-state index is -0.0543. The summed E-state index contributed by atoms with van der Waals surface area (Å²) in [5, 5.41) is 6.23. The molecule has 0 saturated carbocycles. The number of amides is 1. The number of hydrogen-bond acceptors (Lipinski definition) is 3. The van der Waals surface area contributed by atoms with Gasteiger partial charge in [0.25, 0.3) is 0 Å². The lowest BCUT2D eigenvalue weighted by Crippen LogP contribution is -2.58. The van der Waals surface area contributed by atoms with Crippen molar-refractivity contribution in [3.63, 3.8) is 0 Å². The number of rotatable bonds is 0. The Kier molecular flexibility index (Phi) is 2.51. The fourth-order valence-corrected chi connectivity index (χ4v) is 2.79. The first-order valence-corrected chi connectivity index (χ1v) is 6.41. The quantitative estimate of drug-likeness (QED) is 0.699. The van der Waals surface area contributed by atoms with Gasteiger partial charge in [-0.05, 0) is 40.8 Å². The third-order valence-electron chi connectivity index (χ3n) is 3.07. The number of carbonyl (C=O) groups excluding carboxylic acids is 1. The highest BCUT2D eigenvalue weighted by Crippen LogP contribution is 2.33. The van der Waals surface area contributed by atoms with Crippen molar-refractivity contribution in [2.75, 3.05) is 29.9 Å². The Balaban J connectivity index is 2.06. The zero-order valence-electron chi connectivity index (χ0n) is 8.66. The highest BCUT2D eigenvalue weighted by Gasteiger charge is 2.34. The average molecular weight is 329 g/mol. The molecule has 2 aliphatic heterocycles. The molecule has 1 unspecified atom stereocenters. The van der Waals surface area contributed by atoms with Gasteiger partial charge in [0.15, 0.2) is 0 Å². The molecule has 0 aromatic heterocycles. The Morgan fingerprint density at radius 3 is 3.19 bits per heavy atom. The first-order valence-electron chi connectivity index (χ1n) is 5.33. The van der Waals surface area contributed by atoms with Gasteiger partial charge in [0.05, 0.1) is 11.4 Å². The second-order valence-electron chi connectivity index (χ2n) is 4.06. The van der Waals surface area contributed by atoms with E-state index in [1.807, 2.05) is 6.07 Å². The summed E-state index contributed by atoms with van der Waals surface area (Å²) in [5.41, 5.74) is 2.08. The fourth-order valence-electron chi connectivity index (χ4n) is 2.30. The molecule has 2 N–H and O–H groups in total. The molecule has 4 nitrogen and oxygen atoms in total. The predicted molar refractivity (Wildman–Crippen MR) is 71.8 cm³/mol. The van der Waals surface area contributed by atoms with Crippen LogP contribution >= 0.6 is 22.6 Å². The maximum atomic E-state index is 11.9. The lowest BCUT2D eigenvalue weighted by molar-refractivity contribution is -0.117. The molecule has 1 aromatic rings. The third-order valence-corrected chi connectivity index (χ3v) is 3.74. The highest BCUT2D eigenvalue weighted by molar-refractivity contribution is 14.1. The second-order valence-corrected chi connectivity index (χ2v) is 5.31. The smallest absolute Gasteiger partial charge is 0.248 e. The highest BCUT2D eigenvalue weighted by atomic mass is 127. The van der Waals surface area contributed by atoms with E-state index in [0.29, 0.717) is 0 Å². The van der Waals surface area contributed by atoms with E-state index in [1.165, 1.54) is 0 Å². The van der Waals surface area contributed by atoms with E-state index >= 15 is 0 Å². The maximum Gasteiger partial charge on any atom is 0.248 e. The zero-order chi connectivity index (χ0) is 11.1. The molecule has 0 spiro atoms. The van der Waals surface area contributed by atoms with Crippen molar-refractivity contribution in [1.29, 1.82) is 0 Å². The molecule has 1 saturated heterocycles. The molecule has 3 rings (SSSR count). The van der Waals surface area contributed by atoms with Crippen LogP contribution in [0.25, 0.3) is 0 Å². The van der Waals surface area contributed by atoms with Gasteiger partial charge in [0, 0.05) is 23.2 Å². The van der Waals surface area contributed by atoms with E-state index in [9.17, 15) is 4.79 Å². The number of carbonyl (C=O) groups is 1. The third kappa shape index (κ3) is 1.58. The van der Waals surface area contributed by atoms with Gasteiger partial charge < -0.3 is 15.5 Å². The van der Waals surface area contributed by atoms with Crippen molar-refractivity contribution in [3.05, 3.63) is 21.8 Å². The van der Waals surface area contributed by atoms with Crippen LogP contribution in [0.15, 0.2) is 18.2 Å². The van der Waals surface area contributed by atoms with Crippen LogP contribution in [-0.4, -0.2) is 31.6 Å². The number of piperazine rings is 1. The van der Waals surface area contributed by atoms with Gasteiger partial charge in [-0.25, -0.2) is 0 Å². The van der Waals surface area contributed by atoms with Crippen LogP contribution in [0.5, 0.6) is 0 Å². The molecular weight excluding hydrogens is 317 g/mol. The van der Waals surface area contributed by atoms with Gasteiger partial charge in [-0.2, -0.15) is 0 Å². The van der Waals surface area contributed by atoms with Crippen molar-refractivity contribution in [2.24, 2.45) is 0 Å². The second kappa shape index (κ2) is 3.89. The van der Waals surface area contributed by atoms with Crippen LogP contribution in [0.1, 0.15) is 0 Å². The van der Waals surface area contributed by atoms with E-state index in [2.05, 4.69) is 50.3 Å². The summed E-state index contributed by atoms with van der Waals surface area (Å²) in [4.78, 5) is 14.1. The van der Waals surface area contributed by atoms with Crippen molar-refractivity contribution in [3.8, 4) is 0 Å². The Morgan fingerprint density at radius 1 is 1.44 bits per heavy atom. The van der Waals surface area contributed by atoms with Crippen LogP contribution in [0, 0.1) is 3.57 Å². The topological polar surface area (TPSA) is 44.4 Å². The van der Waals surface area contributed by atoms with E-state index in [-0.39, 0.29) is 11.9 Å². The van der Waals surface area contributed by atoms with Crippen LogP contribution < -0.4 is 15.5 Å². The molecule has 0 bridgehead atoms. The summed E-state index contributed by atoms with van der Waals surface area (Å²) in [6.07, 6.45) is 0. The Bertz CT molecular complexity index is 449. The van der Waals surface area contributed by atoms with Gasteiger partial charge in [-0.1, -0.05) is 0 Å². The Hall–Kier alpha value is -0.820. The van der Waals surface area contributed by atoms with E-state index in [0.717, 1.165) is 34.6 Å². The SMILES string of the molecule is O=C1Nc2cc(I)ccc2N2CCNCC12.